The minimum Gasteiger partial charge on any atom is -0.397 e. The van der Waals surface area contributed by atoms with Gasteiger partial charge in [0, 0.05) is 30.9 Å². The number of anilines is 2. The van der Waals surface area contributed by atoms with Gasteiger partial charge in [-0.1, -0.05) is 0 Å². The van der Waals surface area contributed by atoms with Gasteiger partial charge >= 0.3 is 0 Å². The maximum atomic E-state index is 13.3. The molecule has 0 saturated carbocycles. The quantitative estimate of drug-likeness (QED) is 0.588. The molecule has 0 spiro atoms. The molecule has 1 aromatic carbocycles. The van der Waals surface area contributed by atoms with Gasteiger partial charge in [0.15, 0.2) is 0 Å². The lowest BCUT2D eigenvalue weighted by atomic mass is 10.2. The minimum atomic E-state index is -0.260. The molecule has 0 saturated heterocycles. The molecule has 4 nitrogen and oxygen atoms in total. The van der Waals surface area contributed by atoms with E-state index in [1.165, 1.54) is 6.07 Å². The molecule has 90 valence electrons. The van der Waals surface area contributed by atoms with E-state index in [1.54, 1.807) is 18.6 Å². The number of halogens is 2. The van der Waals surface area contributed by atoms with Crippen molar-refractivity contribution in [2.24, 2.45) is 0 Å². The number of imidazole rings is 1. The summed E-state index contributed by atoms with van der Waals surface area (Å²) in [5.74, 6) is -0.260. The van der Waals surface area contributed by atoms with Crippen LogP contribution in [0.5, 0.6) is 0 Å². The second kappa shape index (κ2) is 5.35. The fourth-order valence-corrected chi connectivity index (χ4v) is 1.96. The van der Waals surface area contributed by atoms with Crippen LogP contribution in [0.3, 0.4) is 0 Å². The van der Waals surface area contributed by atoms with Crippen molar-refractivity contribution in [1.82, 2.24) is 9.97 Å². The number of aromatic amines is 1. The number of nitrogen functional groups attached to an aromatic ring is 1. The molecule has 0 aliphatic carbocycles. The van der Waals surface area contributed by atoms with Crippen LogP contribution in [0.4, 0.5) is 15.8 Å². The predicted octanol–water partition coefficient (Wildman–Crippen LogP) is 2.39. The fourth-order valence-electron chi connectivity index (χ4n) is 1.47. The highest BCUT2D eigenvalue weighted by Crippen LogP contribution is 2.23. The van der Waals surface area contributed by atoms with Gasteiger partial charge in [0.25, 0.3) is 0 Å². The van der Waals surface area contributed by atoms with E-state index in [-0.39, 0.29) is 5.82 Å². The third kappa shape index (κ3) is 3.09. The van der Waals surface area contributed by atoms with Crippen LogP contribution in [0.2, 0.25) is 0 Å². The SMILES string of the molecule is Nc1cc(I)c(F)cc1NCCc1cnc[nH]1. The lowest BCUT2D eigenvalue weighted by molar-refractivity contribution is 0.621. The number of H-pyrrole nitrogens is 1. The average Bonchev–Trinajstić information content (AvgIpc) is 2.78. The number of nitrogens with zero attached hydrogens (tertiary/aromatic N) is 1. The molecule has 0 aliphatic rings. The lowest BCUT2D eigenvalue weighted by Gasteiger charge is -2.09. The Morgan fingerprint density at radius 2 is 2.29 bits per heavy atom. The molecular formula is C11H12FIN4. The summed E-state index contributed by atoms with van der Waals surface area (Å²) in [4.78, 5) is 6.92. The molecule has 0 amide bonds. The van der Waals surface area contributed by atoms with Crippen molar-refractivity contribution in [1.29, 1.82) is 0 Å². The largest absolute Gasteiger partial charge is 0.397 e. The van der Waals surface area contributed by atoms with Crippen LogP contribution in [0.1, 0.15) is 5.69 Å². The molecule has 1 heterocycles. The van der Waals surface area contributed by atoms with Crippen LogP contribution < -0.4 is 11.1 Å². The van der Waals surface area contributed by atoms with Crippen LogP contribution in [0.25, 0.3) is 0 Å². The highest BCUT2D eigenvalue weighted by atomic mass is 127. The summed E-state index contributed by atoms with van der Waals surface area (Å²) < 4.78 is 13.9. The average molecular weight is 346 g/mol. The number of nitrogens with one attached hydrogen (secondary N) is 2. The van der Waals surface area contributed by atoms with Gasteiger partial charge < -0.3 is 16.0 Å². The maximum absolute atomic E-state index is 13.3. The number of rotatable bonds is 4. The molecule has 4 N–H and O–H groups in total. The van der Waals surface area contributed by atoms with Gasteiger partial charge in [-0.15, -0.1) is 0 Å². The van der Waals surface area contributed by atoms with Crippen molar-refractivity contribution in [3.63, 3.8) is 0 Å². The van der Waals surface area contributed by atoms with Crippen molar-refractivity contribution in [2.45, 2.75) is 6.42 Å². The zero-order valence-electron chi connectivity index (χ0n) is 9.00. The van der Waals surface area contributed by atoms with Crippen molar-refractivity contribution < 1.29 is 4.39 Å². The van der Waals surface area contributed by atoms with Crippen LogP contribution >= 0.6 is 22.6 Å². The zero-order valence-corrected chi connectivity index (χ0v) is 11.2. The summed E-state index contributed by atoms with van der Waals surface area (Å²) in [5.41, 5.74) is 8.01. The van der Waals surface area contributed by atoms with Crippen molar-refractivity contribution in [3.8, 4) is 0 Å². The molecule has 0 radical (unpaired) electrons. The third-order valence-electron chi connectivity index (χ3n) is 2.36. The van der Waals surface area contributed by atoms with Crippen molar-refractivity contribution >= 4 is 34.0 Å². The third-order valence-corrected chi connectivity index (χ3v) is 3.18. The summed E-state index contributed by atoms with van der Waals surface area (Å²) in [7, 11) is 0. The summed E-state index contributed by atoms with van der Waals surface area (Å²) in [6.45, 7) is 0.673. The van der Waals surface area contributed by atoms with Gasteiger partial charge in [-0.25, -0.2) is 9.37 Å². The molecule has 0 bridgehead atoms. The summed E-state index contributed by atoms with van der Waals surface area (Å²) >= 11 is 1.92. The van der Waals surface area contributed by atoms with Gasteiger partial charge in [-0.3, -0.25) is 0 Å². The van der Waals surface area contributed by atoms with Gasteiger partial charge in [0.1, 0.15) is 5.82 Å². The maximum Gasteiger partial charge on any atom is 0.138 e. The van der Waals surface area contributed by atoms with Gasteiger partial charge in [-0.2, -0.15) is 0 Å². The summed E-state index contributed by atoms with van der Waals surface area (Å²) in [5, 5.41) is 3.10. The highest BCUT2D eigenvalue weighted by molar-refractivity contribution is 14.1. The normalized spacial score (nSPS) is 10.5. The topological polar surface area (TPSA) is 66.7 Å². The molecular weight excluding hydrogens is 334 g/mol. The van der Waals surface area contributed by atoms with E-state index < -0.39 is 0 Å². The fraction of sp³-hybridized carbons (Fsp3) is 0.182. The summed E-state index contributed by atoms with van der Waals surface area (Å²) in [6.07, 6.45) is 4.18. The van der Waals surface area contributed by atoms with E-state index in [4.69, 9.17) is 5.73 Å². The Kier molecular flexibility index (Phi) is 3.82. The van der Waals surface area contributed by atoms with Crippen molar-refractivity contribution in [2.75, 3.05) is 17.6 Å². The minimum absolute atomic E-state index is 0.260. The van der Waals surface area contributed by atoms with Gasteiger partial charge in [0.05, 0.1) is 21.3 Å². The van der Waals surface area contributed by atoms with Crippen LogP contribution in [-0.4, -0.2) is 16.5 Å². The zero-order chi connectivity index (χ0) is 12.3. The Bertz CT molecular complexity index is 498. The van der Waals surface area contributed by atoms with E-state index in [9.17, 15) is 4.39 Å². The van der Waals surface area contributed by atoms with Crippen LogP contribution in [0.15, 0.2) is 24.7 Å². The molecule has 0 fully saturated rings. The number of hydrogen-bond acceptors (Lipinski definition) is 3. The predicted molar refractivity (Wildman–Crippen MR) is 74.3 cm³/mol. The smallest absolute Gasteiger partial charge is 0.138 e. The molecule has 0 aliphatic heterocycles. The standard InChI is InChI=1S/C11H12FIN4/c12-8-3-11(10(14)4-9(8)13)16-2-1-7-5-15-6-17-7/h3-6,16H,1-2,14H2,(H,15,17). The summed E-state index contributed by atoms with van der Waals surface area (Å²) in [6, 6.07) is 3.04. The van der Waals surface area contributed by atoms with E-state index >= 15 is 0 Å². The van der Waals surface area contributed by atoms with E-state index in [1.807, 2.05) is 22.6 Å². The van der Waals surface area contributed by atoms with Crippen LogP contribution in [-0.2, 0) is 6.42 Å². The molecule has 2 aromatic rings. The lowest BCUT2D eigenvalue weighted by Crippen LogP contribution is -2.07. The van der Waals surface area contributed by atoms with Gasteiger partial charge in [0.2, 0.25) is 0 Å². The molecule has 17 heavy (non-hydrogen) atoms. The molecule has 0 atom stereocenters. The van der Waals surface area contributed by atoms with E-state index in [0.717, 1.165) is 12.1 Å². The number of hydrogen-bond donors (Lipinski definition) is 3. The van der Waals surface area contributed by atoms with E-state index in [2.05, 4.69) is 15.3 Å². The Labute approximate surface area is 112 Å². The Hall–Kier alpha value is -1.31. The van der Waals surface area contributed by atoms with Crippen molar-refractivity contribution in [3.05, 3.63) is 39.7 Å². The Balaban J connectivity index is 1.97. The van der Waals surface area contributed by atoms with Gasteiger partial charge in [-0.05, 0) is 28.7 Å². The first kappa shape index (κ1) is 12.2. The first-order chi connectivity index (χ1) is 8.16. The second-order valence-electron chi connectivity index (χ2n) is 3.61. The Morgan fingerprint density at radius 1 is 1.47 bits per heavy atom. The monoisotopic (exact) mass is 346 g/mol. The first-order valence-electron chi connectivity index (χ1n) is 5.12. The first-order valence-corrected chi connectivity index (χ1v) is 6.20. The van der Waals surface area contributed by atoms with E-state index in [0.29, 0.717) is 21.5 Å². The van der Waals surface area contributed by atoms with Crippen LogP contribution in [0, 0.1) is 9.39 Å². The molecule has 0 unspecified atom stereocenters. The molecule has 6 heteroatoms. The molecule has 2 rings (SSSR count). The Morgan fingerprint density at radius 3 is 3.00 bits per heavy atom. The molecule has 1 aromatic heterocycles. The number of nitrogens with two attached hydrogens (primary N) is 1. The number of benzene rings is 1. The highest BCUT2D eigenvalue weighted by Gasteiger charge is 2.05. The second-order valence-corrected chi connectivity index (χ2v) is 4.77. The number of aromatic nitrogens is 2.